The van der Waals surface area contributed by atoms with Crippen molar-refractivity contribution in [2.75, 3.05) is 13.7 Å². The fourth-order valence-corrected chi connectivity index (χ4v) is 2.18. The molecular formula is C16H16F3NO. The van der Waals surface area contributed by atoms with Crippen molar-refractivity contribution in [1.29, 1.82) is 0 Å². The summed E-state index contributed by atoms with van der Waals surface area (Å²) in [4.78, 5) is 0. The molecule has 2 aromatic rings. The Bertz CT molecular complexity index is 614. The fourth-order valence-electron chi connectivity index (χ4n) is 2.18. The van der Waals surface area contributed by atoms with Crippen LogP contribution in [0.2, 0.25) is 0 Å². The molecule has 2 nitrogen and oxygen atoms in total. The Hall–Kier alpha value is -2.01. The highest BCUT2D eigenvalue weighted by atomic mass is 19.2. The summed E-state index contributed by atoms with van der Waals surface area (Å²) in [6, 6.07) is 7.88. The van der Waals surface area contributed by atoms with Gasteiger partial charge >= 0.3 is 0 Å². The summed E-state index contributed by atoms with van der Waals surface area (Å²) in [5.74, 6) is -2.36. The second-order valence-electron chi connectivity index (χ2n) is 4.51. The van der Waals surface area contributed by atoms with Gasteiger partial charge in [-0.2, -0.15) is 0 Å². The first-order chi connectivity index (χ1) is 10.1. The van der Waals surface area contributed by atoms with Crippen LogP contribution in [0.3, 0.4) is 0 Å². The van der Waals surface area contributed by atoms with Crippen LogP contribution in [0.4, 0.5) is 13.2 Å². The number of benzene rings is 2. The predicted octanol–water partition coefficient (Wildman–Crippen LogP) is 3.81. The molecule has 0 spiro atoms. The summed E-state index contributed by atoms with van der Waals surface area (Å²) < 4.78 is 45.6. The summed E-state index contributed by atoms with van der Waals surface area (Å²) in [5.41, 5.74) is 0.784. The van der Waals surface area contributed by atoms with Gasteiger partial charge in [0.2, 0.25) is 0 Å². The van der Waals surface area contributed by atoms with Crippen LogP contribution in [-0.2, 0) is 0 Å². The number of hydrogen-bond donors (Lipinski definition) is 1. The van der Waals surface area contributed by atoms with Crippen molar-refractivity contribution >= 4 is 0 Å². The van der Waals surface area contributed by atoms with E-state index in [-0.39, 0.29) is 5.56 Å². The van der Waals surface area contributed by atoms with E-state index in [9.17, 15) is 13.2 Å². The molecule has 112 valence electrons. The Morgan fingerprint density at radius 2 is 1.62 bits per heavy atom. The molecular weight excluding hydrogens is 279 g/mol. The molecule has 2 aromatic carbocycles. The minimum Gasteiger partial charge on any atom is -0.494 e. The molecule has 1 N–H and O–H groups in total. The van der Waals surface area contributed by atoms with Crippen LogP contribution < -0.4 is 10.1 Å². The zero-order chi connectivity index (χ0) is 15.4. The highest BCUT2D eigenvalue weighted by Gasteiger charge is 2.19. The average Bonchev–Trinajstić information content (AvgIpc) is 2.47. The van der Waals surface area contributed by atoms with Gasteiger partial charge in [-0.3, -0.25) is 0 Å². The average molecular weight is 295 g/mol. The third-order valence-corrected chi connectivity index (χ3v) is 3.16. The molecule has 0 aliphatic carbocycles. The molecule has 0 amide bonds. The third-order valence-electron chi connectivity index (χ3n) is 3.16. The van der Waals surface area contributed by atoms with Crippen LogP contribution in [0, 0.1) is 17.5 Å². The topological polar surface area (TPSA) is 21.3 Å². The largest absolute Gasteiger partial charge is 0.494 e. The molecule has 1 atom stereocenters. The fraction of sp³-hybridized carbons (Fsp3) is 0.250. The molecule has 0 aromatic heterocycles. The number of rotatable bonds is 5. The van der Waals surface area contributed by atoms with Gasteiger partial charge in [-0.25, -0.2) is 13.2 Å². The quantitative estimate of drug-likeness (QED) is 0.847. The van der Waals surface area contributed by atoms with Gasteiger partial charge < -0.3 is 10.1 Å². The predicted molar refractivity (Wildman–Crippen MR) is 74.8 cm³/mol. The molecule has 0 bridgehead atoms. The van der Waals surface area contributed by atoms with E-state index in [2.05, 4.69) is 5.32 Å². The normalized spacial score (nSPS) is 12.2. The van der Waals surface area contributed by atoms with Gasteiger partial charge in [-0.05, 0) is 37.7 Å². The molecule has 5 heteroatoms. The third kappa shape index (κ3) is 3.36. The molecule has 0 aliphatic heterocycles. The number of hydrogen-bond acceptors (Lipinski definition) is 2. The highest BCUT2D eigenvalue weighted by molar-refractivity contribution is 5.36. The summed E-state index contributed by atoms with van der Waals surface area (Å²) in [6.45, 7) is 2.42. The lowest BCUT2D eigenvalue weighted by molar-refractivity contribution is 0.340. The van der Waals surface area contributed by atoms with E-state index in [1.165, 1.54) is 0 Å². The maximum atomic E-state index is 13.9. The van der Waals surface area contributed by atoms with Crippen LogP contribution in [0.25, 0.3) is 0 Å². The zero-order valence-electron chi connectivity index (χ0n) is 11.8. The van der Waals surface area contributed by atoms with E-state index in [1.54, 1.807) is 31.3 Å². The molecule has 0 aliphatic rings. The maximum Gasteiger partial charge on any atom is 0.161 e. The number of ether oxygens (including phenoxy) is 1. The van der Waals surface area contributed by atoms with Crippen molar-refractivity contribution in [3.8, 4) is 5.75 Å². The highest BCUT2D eigenvalue weighted by Crippen LogP contribution is 2.27. The minimum absolute atomic E-state index is 0.0561. The monoisotopic (exact) mass is 295 g/mol. The molecule has 0 fully saturated rings. The Morgan fingerprint density at radius 1 is 1.00 bits per heavy atom. The first-order valence-electron chi connectivity index (χ1n) is 6.61. The molecule has 0 saturated carbocycles. The minimum atomic E-state index is -1.20. The van der Waals surface area contributed by atoms with E-state index in [4.69, 9.17) is 4.74 Å². The van der Waals surface area contributed by atoms with Gasteiger partial charge in [-0.15, -0.1) is 0 Å². The lowest BCUT2D eigenvalue weighted by atomic mass is 9.98. The van der Waals surface area contributed by atoms with Crippen LogP contribution in [0.1, 0.15) is 24.1 Å². The summed E-state index contributed by atoms with van der Waals surface area (Å²) in [6.07, 6.45) is 0. The van der Waals surface area contributed by atoms with Crippen LogP contribution >= 0.6 is 0 Å². The first kappa shape index (κ1) is 15.4. The van der Waals surface area contributed by atoms with E-state index in [1.807, 2.05) is 6.92 Å². The molecule has 2 rings (SSSR count). The van der Waals surface area contributed by atoms with Crippen molar-refractivity contribution in [2.45, 2.75) is 13.0 Å². The standard InChI is InChI=1S/C16H16F3NO/c1-3-21-11-6-4-10(5-7-11)16(20-2)12-8-14(18)15(19)9-13(12)17/h4-9,16,20H,3H2,1-2H3. The second kappa shape index (κ2) is 6.63. The van der Waals surface area contributed by atoms with Gasteiger partial charge in [0.15, 0.2) is 11.6 Å². The van der Waals surface area contributed by atoms with Crippen molar-refractivity contribution in [3.63, 3.8) is 0 Å². The van der Waals surface area contributed by atoms with Crippen LogP contribution in [0.15, 0.2) is 36.4 Å². The van der Waals surface area contributed by atoms with E-state index in [0.717, 1.165) is 11.6 Å². The van der Waals surface area contributed by atoms with E-state index in [0.29, 0.717) is 18.4 Å². The summed E-state index contributed by atoms with van der Waals surface area (Å²) in [7, 11) is 1.63. The molecule has 21 heavy (non-hydrogen) atoms. The van der Waals surface area contributed by atoms with Gasteiger partial charge in [0.05, 0.1) is 12.6 Å². The SMILES string of the molecule is CCOc1ccc(C(NC)c2cc(F)c(F)cc2F)cc1. The second-order valence-corrected chi connectivity index (χ2v) is 4.51. The van der Waals surface area contributed by atoms with Crippen LogP contribution in [-0.4, -0.2) is 13.7 Å². The Morgan fingerprint density at radius 3 is 2.19 bits per heavy atom. The van der Waals surface area contributed by atoms with Crippen molar-refractivity contribution in [1.82, 2.24) is 5.32 Å². The molecule has 0 radical (unpaired) electrons. The summed E-state index contributed by atoms with van der Waals surface area (Å²) in [5, 5.41) is 2.90. The summed E-state index contributed by atoms with van der Waals surface area (Å²) >= 11 is 0. The number of nitrogens with one attached hydrogen (secondary N) is 1. The Labute approximate surface area is 121 Å². The van der Waals surface area contributed by atoms with Crippen molar-refractivity contribution < 1.29 is 17.9 Å². The molecule has 0 heterocycles. The molecule has 0 saturated heterocycles. The van der Waals surface area contributed by atoms with Gasteiger partial charge in [0.25, 0.3) is 0 Å². The van der Waals surface area contributed by atoms with Crippen LogP contribution in [0.5, 0.6) is 5.75 Å². The van der Waals surface area contributed by atoms with Crippen molar-refractivity contribution in [3.05, 3.63) is 65.0 Å². The van der Waals surface area contributed by atoms with Gasteiger partial charge in [0, 0.05) is 11.6 Å². The number of halogens is 3. The van der Waals surface area contributed by atoms with Gasteiger partial charge in [0.1, 0.15) is 11.6 Å². The molecule has 1 unspecified atom stereocenters. The lowest BCUT2D eigenvalue weighted by Gasteiger charge is -2.18. The first-order valence-corrected chi connectivity index (χ1v) is 6.61. The van der Waals surface area contributed by atoms with Gasteiger partial charge in [-0.1, -0.05) is 12.1 Å². The lowest BCUT2D eigenvalue weighted by Crippen LogP contribution is -2.19. The maximum absolute atomic E-state index is 13.9. The van der Waals surface area contributed by atoms with E-state index < -0.39 is 23.5 Å². The Kier molecular flexibility index (Phi) is 4.85. The van der Waals surface area contributed by atoms with Crippen molar-refractivity contribution in [2.24, 2.45) is 0 Å². The zero-order valence-corrected chi connectivity index (χ0v) is 11.8. The Balaban J connectivity index is 2.37. The smallest absolute Gasteiger partial charge is 0.161 e. The van der Waals surface area contributed by atoms with E-state index >= 15 is 0 Å².